The highest BCUT2D eigenvalue weighted by atomic mass is 16.8. The summed E-state index contributed by atoms with van der Waals surface area (Å²) in [6, 6.07) is 12.3. The molecule has 0 radical (unpaired) electrons. The van der Waals surface area contributed by atoms with Crippen molar-refractivity contribution in [2.75, 3.05) is 35.5 Å². The molecule has 11 nitrogen and oxygen atoms in total. The molecule has 1 atom stereocenters. The summed E-state index contributed by atoms with van der Waals surface area (Å²) in [5, 5.41) is 9.92. The molecule has 2 amide bonds. The van der Waals surface area contributed by atoms with Gasteiger partial charge in [-0.25, -0.2) is 14.6 Å². The van der Waals surface area contributed by atoms with Gasteiger partial charge in [-0.2, -0.15) is 0 Å². The van der Waals surface area contributed by atoms with E-state index in [1.807, 2.05) is 51.1 Å². The highest BCUT2D eigenvalue weighted by molar-refractivity contribution is 5.92. The molecule has 2 aliphatic rings. The number of ether oxygens (including phenoxy) is 3. The molecule has 192 valence electrons. The molecular formula is C25H31N5O6. The van der Waals surface area contributed by atoms with Gasteiger partial charge in [-0.05, 0) is 32.4 Å². The lowest BCUT2D eigenvalue weighted by atomic mass is 10.1. The predicted molar refractivity (Wildman–Crippen MR) is 134 cm³/mol. The smallest absolute Gasteiger partial charge is 0.433 e. The van der Waals surface area contributed by atoms with E-state index in [9.17, 15) is 9.59 Å². The molecule has 1 unspecified atom stereocenters. The van der Waals surface area contributed by atoms with Gasteiger partial charge in [0.25, 0.3) is 0 Å². The van der Waals surface area contributed by atoms with E-state index in [1.54, 1.807) is 18.3 Å². The lowest BCUT2D eigenvalue weighted by Crippen LogP contribution is -2.37. The molecule has 4 rings (SSSR count). The Morgan fingerprint density at radius 1 is 1.22 bits per heavy atom. The molecule has 2 aliphatic heterocycles. The standard InChI is InChI=1S/C25H31N5O6/c1-4-5-13-33-24(32)36-30-20(17-9-7-6-8-10-17)15-26-19-11-12-21(28-22(19)30)29-23(31)27-14-18-16-34-25(2,3)35-18/h6-12,15,18,26H,4-5,13-14,16H2,1-3H3,(H2,27,28,29,31). The summed E-state index contributed by atoms with van der Waals surface area (Å²) in [7, 11) is 0. The van der Waals surface area contributed by atoms with Crippen LogP contribution in [0.1, 0.15) is 39.2 Å². The minimum Gasteiger partial charge on any atom is -0.433 e. The third kappa shape index (κ3) is 6.43. The van der Waals surface area contributed by atoms with E-state index in [2.05, 4.69) is 20.9 Å². The van der Waals surface area contributed by atoms with Crippen molar-refractivity contribution in [1.82, 2.24) is 10.3 Å². The van der Waals surface area contributed by atoms with Gasteiger partial charge in [0.2, 0.25) is 0 Å². The fourth-order valence-corrected chi connectivity index (χ4v) is 3.64. The van der Waals surface area contributed by atoms with Crippen molar-refractivity contribution < 1.29 is 28.6 Å². The maximum Gasteiger partial charge on any atom is 0.533 e. The third-order valence-corrected chi connectivity index (χ3v) is 5.40. The number of aromatic nitrogens is 1. The van der Waals surface area contributed by atoms with E-state index in [-0.39, 0.29) is 30.9 Å². The van der Waals surface area contributed by atoms with E-state index in [4.69, 9.17) is 19.0 Å². The molecule has 0 spiro atoms. The minimum atomic E-state index is -0.849. The van der Waals surface area contributed by atoms with Gasteiger partial charge >= 0.3 is 12.2 Å². The number of fused-ring (bicyclic) bond motifs is 1. The highest BCUT2D eigenvalue weighted by Crippen LogP contribution is 2.36. The average molecular weight is 498 g/mol. The lowest BCUT2D eigenvalue weighted by molar-refractivity contribution is -0.137. The van der Waals surface area contributed by atoms with Crippen molar-refractivity contribution in [3.8, 4) is 0 Å². The first-order valence-electron chi connectivity index (χ1n) is 11.9. The molecule has 1 aromatic carbocycles. The first kappa shape index (κ1) is 25.3. The Bertz CT molecular complexity index is 1110. The van der Waals surface area contributed by atoms with E-state index < -0.39 is 18.0 Å². The maximum absolute atomic E-state index is 12.5. The predicted octanol–water partition coefficient (Wildman–Crippen LogP) is 4.45. The number of unbranched alkanes of at least 4 members (excludes halogenated alkanes) is 1. The zero-order chi connectivity index (χ0) is 25.5. The largest absolute Gasteiger partial charge is 0.533 e. The summed E-state index contributed by atoms with van der Waals surface area (Å²) >= 11 is 0. The summed E-state index contributed by atoms with van der Waals surface area (Å²) in [4.78, 5) is 35.0. The van der Waals surface area contributed by atoms with E-state index >= 15 is 0 Å². The molecule has 1 aromatic heterocycles. The van der Waals surface area contributed by atoms with Gasteiger partial charge in [0.05, 0.1) is 18.9 Å². The van der Waals surface area contributed by atoms with Crippen LogP contribution in [0.25, 0.3) is 5.70 Å². The summed E-state index contributed by atoms with van der Waals surface area (Å²) in [5.74, 6) is -0.115. The normalized spacial score (nSPS) is 17.9. The Balaban J connectivity index is 1.48. The van der Waals surface area contributed by atoms with Gasteiger partial charge in [-0.1, -0.05) is 43.7 Å². The third-order valence-electron chi connectivity index (χ3n) is 5.40. The van der Waals surface area contributed by atoms with Crippen LogP contribution >= 0.6 is 0 Å². The molecule has 36 heavy (non-hydrogen) atoms. The summed E-state index contributed by atoms with van der Waals surface area (Å²) in [6.07, 6.45) is 2.23. The van der Waals surface area contributed by atoms with Crippen molar-refractivity contribution in [2.24, 2.45) is 0 Å². The molecule has 11 heteroatoms. The number of pyridine rings is 1. The number of anilines is 3. The van der Waals surface area contributed by atoms with Gasteiger partial charge < -0.3 is 24.8 Å². The van der Waals surface area contributed by atoms with Crippen LogP contribution in [0.15, 0.2) is 48.7 Å². The number of hydroxylamine groups is 1. The Morgan fingerprint density at radius 3 is 2.75 bits per heavy atom. The van der Waals surface area contributed by atoms with Crippen LogP contribution in [0.2, 0.25) is 0 Å². The zero-order valence-electron chi connectivity index (χ0n) is 20.6. The quantitative estimate of drug-likeness (QED) is 0.358. The van der Waals surface area contributed by atoms with Crippen molar-refractivity contribution in [1.29, 1.82) is 0 Å². The SMILES string of the molecule is CCCCOC(=O)ON1C(c2ccccc2)=CNc2ccc(NC(=O)NCC3COC(C)(C)O3)nc21. The van der Waals surface area contributed by atoms with Crippen LogP contribution in [0.5, 0.6) is 0 Å². The molecule has 0 aliphatic carbocycles. The molecule has 1 fully saturated rings. The topological polar surface area (TPSA) is 123 Å². The second-order valence-corrected chi connectivity index (χ2v) is 8.73. The zero-order valence-corrected chi connectivity index (χ0v) is 20.6. The Morgan fingerprint density at radius 2 is 2.03 bits per heavy atom. The van der Waals surface area contributed by atoms with Crippen LogP contribution < -0.4 is 21.0 Å². The van der Waals surface area contributed by atoms with Crippen molar-refractivity contribution in [2.45, 2.75) is 45.5 Å². The fraction of sp³-hybridized carbons (Fsp3) is 0.400. The van der Waals surface area contributed by atoms with Gasteiger partial charge in [0.15, 0.2) is 11.6 Å². The van der Waals surface area contributed by atoms with E-state index in [1.165, 1.54) is 5.06 Å². The van der Waals surface area contributed by atoms with Crippen molar-refractivity contribution in [3.05, 3.63) is 54.2 Å². The van der Waals surface area contributed by atoms with Crippen LogP contribution in [0.3, 0.4) is 0 Å². The molecule has 1 saturated heterocycles. The maximum atomic E-state index is 12.5. The fourth-order valence-electron chi connectivity index (χ4n) is 3.64. The molecule has 3 N–H and O–H groups in total. The average Bonchev–Trinajstić information content (AvgIpc) is 3.22. The number of hydrogen-bond donors (Lipinski definition) is 3. The molecule has 3 heterocycles. The lowest BCUT2D eigenvalue weighted by Gasteiger charge is -2.29. The molecule has 0 bridgehead atoms. The molecule has 0 saturated carbocycles. The Labute approximate surface area is 209 Å². The number of amides is 2. The number of carbonyl (C=O) groups is 2. The number of hydrogen-bond acceptors (Lipinski definition) is 9. The van der Waals surface area contributed by atoms with Gasteiger partial charge in [0, 0.05) is 18.3 Å². The first-order valence-corrected chi connectivity index (χ1v) is 11.9. The Kier molecular flexibility index (Phi) is 7.91. The second-order valence-electron chi connectivity index (χ2n) is 8.73. The van der Waals surface area contributed by atoms with Crippen LogP contribution in [0, 0.1) is 0 Å². The number of rotatable bonds is 8. The van der Waals surface area contributed by atoms with E-state index in [0.717, 1.165) is 18.4 Å². The van der Waals surface area contributed by atoms with Crippen LogP contribution in [-0.2, 0) is 19.0 Å². The van der Waals surface area contributed by atoms with Crippen LogP contribution in [-0.4, -0.2) is 48.8 Å². The first-order chi connectivity index (χ1) is 17.3. The van der Waals surface area contributed by atoms with Crippen LogP contribution in [0.4, 0.5) is 26.9 Å². The summed E-state index contributed by atoms with van der Waals surface area (Å²) in [5.41, 5.74) is 1.92. The van der Waals surface area contributed by atoms with Crippen molar-refractivity contribution >= 4 is 35.2 Å². The number of urea groups is 1. The van der Waals surface area contributed by atoms with Gasteiger partial charge in [0.1, 0.15) is 17.6 Å². The number of benzene rings is 1. The second kappa shape index (κ2) is 11.3. The number of nitrogens with one attached hydrogen (secondary N) is 3. The van der Waals surface area contributed by atoms with E-state index in [0.29, 0.717) is 18.0 Å². The Hall–Kier alpha value is -3.83. The highest BCUT2D eigenvalue weighted by Gasteiger charge is 2.33. The van der Waals surface area contributed by atoms with Gasteiger partial charge in [-0.3, -0.25) is 10.2 Å². The number of carbonyl (C=O) groups excluding carboxylic acids is 2. The molecular weight excluding hydrogens is 466 g/mol. The monoisotopic (exact) mass is 497 g/mol. The van der Waals surface area contributed by atoms with Crippen molar-refractivity contribution in [3.63, 3.8) is 0 Å². The number of nitrogens with zero attached hydrogens (tertiary/aromatic N) is 2. The summed E-state index contributed by atoms with van der Waals surface area (Å²) < 4.78 is 16.4. The molecule has 2 aromatic rings. The summed E-state index contributed by atoms with van der Waals surface area (Å²) in [6.45, 7) is 6.57. The van der Waals surface area contributed by atoms with Gasteiger partial charge in [-0.15, -0.1) is 5.06 Å². The minimum absolute atomic E-state index is 0.243.